The molecule has 8 heteroatoms. The molecule has 26 heavy (non-hydrogen) atoms. The third kappa shape index (κ3) is 3.43. The number of rotatable bonds is 4. The van der Waals surface area contributed by atoms with Gasteiger partial charge in [-0.25, -0.2) is 9.97 Å². The van der Waals surface area contributed by atoms with Crippen LogP contribution in [0.5, 0.6) is 11.5 Å². The van der Waals surface area contributed by atoms with Gasteiger partial charge in [0, 0.05) is 22.5 Å². The predicted octanol–water partition coefficient (Wildman–Crippen LogP) is 3.97. The zero-order valence-electron chi connectivity index (χ0n) is 13.7. The molecule has 2 heterocycles. The topological polar surface area (TPSA) is 94.3 Å². The maximum absolute atomic E-state index is 6.21. The number of hydrogen-bond acceptors (Lipinski definition) is 7. The second kappa shape index (κ2) is 6.97. The van der Waals surface area contributed by atoms with Crippen LogP contribution in [-0.2, 0) is 0 Å². The summed E-state index contributed by atoms with van der Waals surface area (Å²) >= 11 is 5.90. The minimum absolute atomic E-state index is 0.400. The SMILES string of the molecule is Nc1c(Nc2ccc(Cl)cc2)ncnc1Nc1ccc2c(c1)OCCO2. The molecule has 0 radical (unpaired) electrons. The molecule has 0 bridgehead atoms. The summed E-state index contributed by atoms with van der Waals surface area (Å²) in [6.45, 7) is 1.08. The average Bonchev–Trinajstić information content (AvgIpc) is 2.67. The van der Waals surface area contributed by atoms with Crippen LogP contribution >= 0.6 is 11.6 Å². The van der Waals surface area contributed by atoms with Crippen molar-refractivity contribution < 1.29 is 9.47 Å². The van der Waals surface area contributed by atoms with Crippen molar-refractivity contribution in [2.45, 2.75) is 0 Å². The number of hydrogen-bond donors (Lipinski definition) is 3. The van der Waals surface area contributed by atoms with E-state index in [4.69, 9.17) is 26.8 Å². The van der Waals surface area contributed by atoms with Gasteiger partial charge < -0.3 is 25.8 Å². The number of aromatic nitrogens is 2. The third-order valence-electron chi connectivity index (χ3n) is 3.80. The number of nitrogens with zero attached hydrogens (tertiary/aromatic N) is 2. The molecule has 1 aliphatic heterocycles. The number of benzene rings is 2. The molecule has 0 fully saturated rings. The summed E-state index contributed by atoms with van der Waals surface area (Å²) in [5, 5.41) is 7.00. The van der Waals surface area contributed by atoms with Gasteiger partial charge in [-0.3, -0.25) is 0 Å². The molecule has 0 unspecified atom stereocenters. The molecular weight excluding hydrogens is 354 g/mol. The zero-order valence-corrected chi connectivity index (χ0v) is 14.5. The van der Waals surface area contributed by atoms with Crippen LogP contribution in [0.2, 0.25) is 5.02 Å². The third-order valence-corrected chi connectivity index (χ3v) is 4.05. The Morgan fingerprint density at radius 3 is 2.19 bits per heavy atom. The Bertz CT molecular complexity index is 933. The fraction of sp³-hybridized carbons (Fsp3) is 0.111. The quantitative estimate of drug-likeness (QED) is 0.640. The van der Waals surface area contributed by atoms with Gasteiger partial charge in [0.25, 0.3) is 0 Å². The van der Waals surface area contributed by atoms with Crippen LogP contribution in [0.1, 0.15) is 0 Å². The second-order valence-electron chi connectivity index (χ2n) is 5.60. The van der Waals surface area contributed by atoms with E-state index in [0.29, 0.717) is 41.3 Å². The summed E-state index contributed by atoms with van der Waals surface area (Å²) in [5.74, 6) is 2.41. The van der Waals surface area contributed by atoms with Gasteiger partial charge in [0.05, 0.1) is 0 Å². The number of fused-ring (bicyclic) bond motifs is 1. The van der Waals surface area contributed by atoms with Gasteiger partial charge in [-0.15, -0.1) is 0 Å². The van der Waals surface area contributed by atoms with E-state index < -0.39 is 0 Å². The highest BCUT2D eigenvalue weighted by Crippen LogP contribution is 2.35. The van der Waals surface area contributed by atoms with Gasteiger partial charge in [-0.2, -0.15) is 0 Å². The summed E-state index contributed by atoms with van der Waals surface area (Å²) < 4.78 is 11.1. The molecule has 0 saturated heterocycles. The molecule has 1 aliphatic rings. The lowest BCUT2D eigenvalue weighted by Crippen LogP contribution is -2.15. The normalized spacial score (nSPS) is 12.5. The molecule has 0 atom stereocenters. The van der Waals surface area contributed by atoms with Crippen molar-refractivity contribution in [1.82, 2.24) is 9.97 Å². The highest BCUT2D eigenvalue weighted by Gasteiger charge is 2.13. The Hall–Kier alpha value is -3.19. The second-order valence-corrected chi connectivity index (χ2v) is 6.04. The van der Waals surface area contributed by atoms with E-state index in [1.807, 2.05) is 30.3 Å². The Kier molecular flexibility index (Phi) is 4.37. The van der Waals surface area contributed by atoms with E-state index in [-0.39, 0.29) is 0 Å². The first-order valence-corrected chi connectivity index (χ1v) is 8.36. The average molecular weight is 370 g/mol. The Morgan fingerprint density at radius 1 is 0.846 bits per heavy atom. The number of ether oxygens (including phenoxy) is 2. The van der Waals surface area contributed by atoms with Crippen molar-refractivity contribution in [3.8, 4) is 11.5 Å². The number of anilines is 5. The van der Waals surface area contributed by atoms with Gasteiger partial charge in [0.1, 0.15) is 25.2 Å². The van der Waals surface area contributed by atoms with Crippen molar-refractivity contribution in [3.63, 3.8) is 0 Å². The Labute approximate surface area is 155 Å². The van der Waals surface area contributed by atoms with Crippen LogP contribution in [-0.4, -0.2) is 23.2 Å². The summed E-state index contributed by atoms with van der Waals surface area (Å²) in [6.07, 6.45) is 1.44. The molecular formula is C18H16ClN5O2. The van der Waals surface area contributed by atoms with E-state index in [2.05, 4.69) is 20.6 Å². The Balaban J connectivity index is 1.56. The van der Waals surface area contributed by atoms with Crippen LogP contribution < -0.4 is 25.8 Å². The monoisotopic (exact) mass is 369 g/mol. The molecule has 0 spiro atoms. The molecule has 0 aliphatic carbocycles. The van der Waals surface area contributed by atoms with E-state index in [9.17, 15) is 0 Å². The fourth-order valence-electron chi connectivity index (χ4n) is 2.52. The minimum atomic E-state index is 0.400. The largest absolute Gasteiger partial charge is 0.486 e. The maximum Gasteiger partial charge on any atom is 0.163 e. The highest BCUT2D eigenvalue weighted by molar-refractivity contribution is 6.30. The maximum atomic E-state index is 6.21. The number of halogens is 1. The first-order valence-electron chi connectivity index (χ1n) is 7.99. The van der Waals surface area contributed by atoms with Crippen LogP contribution in [0.3, 0.4) is 0 Å². The van der Waals surface area contributed by atoms with Crippen LogP contribution in [0.25, 0.3) is 0 Å². The molecule has 1 aromatic heterocycles. The summed E-state index contributed by atoms with van der Waals surface area (Å²) in [5.41, 5.74) is 8.23. The number of nitrogens with two attached hydrogens (primary N) is 1. The predicted molar refractivity (Wildman–Crippen MR) is 102 cm³/mol. The molecule has 4 rings (SSSR count). The zero-order chi connectivity index (χ0) is 17.9. The van der Waals surface area contributed by atoms with Crippen molar-refractivity contribution >= 4 is 40.3 Å². The van der Waals surface area contributed by atoms with Gasteiger partial charge in [0.2, 0.25) is 0 Å². The fourth-order valence-corrected chi connectivity index (χ4v) is 2.65. The van der Waals surface area contributed by atoms with Crippen LogP contribution in [0.15, 0.2) is 48.8 Å². The minimum Gasteiger partial charge on any atom is -0.486 e. The smallest absolute Gasteiger partial charge is 0.163 e. The standard InChI is InChI=1S/C18H16ClN5O2/c19-11-1-3-12(4-2-11)23-17-16(20)18(22-10-21-17)24-13-5-6-14-15(9-13)26-8-7-25-14/h1-6,9-10H,7-8,20H2,(H2,21,22,23,24). The van der Waals surface area contributed by atoms with Gasteiger partial charge in [-0.1, -0.05) is 11.6 Å². The molecule has 0 amide bonds. The van der Waals surface area contributed by atoms with Gasteiger partial charge in [0.15, 0.2) is 23.1 Å². The lowest BCUT2D eigenvalue weighted by atomic mass is 10.2. The van der Waals surface area contributed by atoms with E-state index in [1.165, 1.54) is 6.33 Å². The summed E-state index contributed by atoms with van der Waals surface area (Å²) in [4.78, 5) is 8.43. The van der Waals surface area contributed by atoms with Gasteiger partial charge >= 0.3 is 0 Å². The van der Waals surface area contributed by atoms with E-state index in [1.54, 1.807) is 12.1 Å². The first kappa shape index (κ1) is 16.3. The Morgan fingerprint density at radius 2 is 1.46 bits per heavy atom. The van der Waals surface area contributed by atoms with Crippen molar-refractivity contribution in [3.05, 3.63) is 53.8 Å². The molecule has 2 aromatic carbocycles. The molecule has 7 nitrogen and oxygen atoms in total. The highest BCUT2D eigenvalue weighted by atomic mass is 35.5. The summed E-state index contributed by atoms with van der Waals surface area (Å²) in [6, 6.07) is 12.8. The number of nitrogens with one attached hydrogen (secondary N) is 2. The van der Waals surface area contributed by atoms with Crippen LogP contribution in [0.4, 0.5) is 28.7 Å². The lowest BCUT2D eigenvalue weighted by Gasteiger charge is -2.19. The summed E-state index contributed by atoms with van der Waals surface area (Å²) in [7, 11) is 0. The molecule has 4 N–H and O–H groups in total. The first-order chi connectivity index (χ1) is 12.7. The van der Waals surface area contributed by atoms with Crippen molar-refractivity contribution in [2.75, 3.05) is 29.6 Å². The van der Waals surface area contributed by atoms with E-state index in [0.717, 1.165) is 17.1 Å². The van der Waals surface area contributed by atoms with Crippen molar-refractivity contribution in [1.29, 1.82) is 0 Å². The van der Waals surface area contributed by atoms with Crippen molar-refractivity contribution in [2.24, 2.45) is 0 Å². The molecule has 132 valence electrons. The van der Waals surface area contributed by atoms with Crippen LogP contribution in [0, 0.1) is 0 Å². The number of nitrogen functional groups attached to an aromatic ring is 1. The van der Waals surface area contributed by atoms with E-state index >= 15 is 0 Å². The van der Waals surface area contributed by atoms with Gasteiger partial charge in [-0.05, 0) is 36.4 Å². The molecule has 0 saturated carbocycles. The lowest BCUT2D eigenvalue weighted by molar-refractivity contribution is 0.171. The molecule has 3 aromatic rings.